The van der Waals surface area contributed by atoms with Crippen LogP contribution in [0.25, 0.3) is 16.7 Å². The van der Waals surface area contributed by atoms with E-state index in [0.29, 0.717) is 53.4 Å². The molecule has 7 rings (SSSR count). The molecule has 0 unspecified atom stereocenters. The third kappa shape index (κ3) is 6.94. The van der Waals surface area contributed by atoms with Crippen LogP contribution >= 0.6 is 0 Å². The fraction of sp³-hybridized carbons (Fsp3) is 0.333. The summed E-state index contributed by atoms with van der Waals surface area (Å²) in [5.74, 6) is 0.177. The number of nitrogen functional groups attached to an aromatic ring is 1. The van der Waals surface area contributed by atoms with E-state index in [0.717, 1.165) is 6.42 Å². The lowest BCUT2D eigenvalue weighted by atomic mass is 10.1. The number of H-pyrrole nitrogens is 1. The number of Topliss-reactive ketones (excluding diaryl/α,β-unsaturated/α-hetero) is 1. The van der Waals surface area contributed by atoms with Crippen molar-refractivity contribution in [3.05, 3.63) is 88.8 Å². The van der Waals surface area contributed by atoms with Crippen molar-refractivity contribution >= 4 is 34.3 Å². The predicted octanol–water partition coefficient (Wildman–Crippen LogP) is 1.12. The number of methoxy groups -OCH3 is 1. The number of carbonyl (C=O) groups is 3. The second-order valence-electron chi connectivity index (χ2n) is 11.6. The van der Waals surface area contributed by atoms with Crippen LogP contribution in [0.15, 0.2) is 66.1 Å². The number of piperazine rings is 1. The number of nitrogens with one attached hydrogen (secondary N) is 1. The zero-order valence-electron chi connectivity index (χ0n) is 27.4. The molecule has 2 amide bonds. The van der Waals surface area contributed by atoms with Gasteiger partial charge in [-0.25, -0.2) is 19.4 Å². The number of rotatable bonds is 7. The Morgan fingerprint density at radius 1 is 1.06 bits per heavy atom. The summed E-state index contributed by atoms with van der Waals surface area (Å²) in [6, 6.07) is 10.6. The van der Waals surface area contributed by atoms with E-state index in [1.165, 1.54) is 40.0 Å². The summed E-state index contributed by atoms with van der Waals surface area (Å²) in [6.45, 7) is 2.98. The molecule has 0 aliphatic carbocycles. The molecule has 0 saturated carbocycles. The minimum atomic E-state index is -0.663. The Hall–Kier alpha value is -5.94. The summed E-state index contributed by atoms with van der Waals surface area (Å²) in [7, 11) is 1.47. The van der Waals surface area contributed by atoms with Crippen LogP contribution in [0, 0.1) is 6.92 Å². The van der Waals surface area contributed by atoms with Crippen LogP contribution in [-0.4, -0.2) is 113 Å². The minimum absolute atomic E-state index is 0.0202. The van der Waals surface area contributed by atoms with Crippen LogP contribution in [0.3, 0.4) is 0 Å². The number of pyridine rings is 1. The second kappa shape index (κ2) is 14.7. The number of hydrogen-bond acceptors (Lipinski definition) is 12. The summed E-state index contributed by atoms with van der Waals surface area (Å²) in [5, 5.41) is 13.6. The zero-order chi connectivity index (χ0) is 35.4. The number of hydrogen-bond donors (Lipinski definition) is 3. The average Bonchev–Trinajstić information content (AvgIpc) is 3.91. The molecule has 50 heavy (non-hydrogen) atoms. The van der Waals surface area contributed by atoms with Crippen LogP contribution in [0.1, 0.15) is 45.6 Å². The molecule has 0 spiro atoms. The Morgan fingerprint density at radius 2 is 1.80 bits per heavy atom. The first-order valence-corrected chi connectivity index (χ1v) is 15.9. The lowest BCUT2D eigenvalue weighted by molar-refractivity contribution is -0.127. The predicted molar refractivity (Wildman–Crippen MR) is 179 cm³/mol. The molecule has 4 aromatic heterocycles. The van der Waals surface area contributed by atoms with E-state index in [1.54, 1.807) is 36.2 Å². The van der Waals surface area contributed by atoms with Gasteiger partial charge in [0.2, 0.25) is 0 Å². The number of aryl methyl sites for hydroxylation is 1. The number of aromatic amines is 1. The van der Waals surface area contributed by atoms with Gasteiger partial charge in [-0.05, 0) is 38.0 Å². The molecular formula is C33H36N10O7. The molecule has 0 radical (unpaired) electrons. The topological polar surface area (TPSA) is 217 Å². The maximum absolute atomic E-state index is 13.3. The first-order chi connectivity index (χ1) is 24.2. The lowest BCUT2D eigenvalue weighted by Gasteiger charge is -2.34. The SMILES string of the molecule is COc1cnc(-n2cnc(C)n2)c2[nH]cc(C(=O)C(=O)N3CCN(C(=O)c4ccccc4)CC3)c12.Nc1ccn([C@H]2CC[C@@H](CO)O2)c(=O)n1. The van der Waals surface area contributed by atoms with Crippen molar-refractivity contribution in [2.45, 2.75) is 32.1 Å². The zero-order valence-corrected chi connectivity index (χ0v) is 27.4. The van der Waals surface area contributed by atoms with E-state index >= 15 is 0 Å². The number of ether oxygens (including phenoxy) is 2. The van der Waals surface area contributed by atoms with Gasteiger partial charge in [0.05, 0.1) is 42.5 Å². The maximum Gasteiger partial charge on any atom is 0.351 e. The molecule has 2 fully saturated rings. The molecule has 2 aliphatic rings. The van der Waals surface area contributed by atoms with Crippen LogP contribution in [-0.2, 0) is 9.53 Å². The molecule has 2 saturated heterocycles. The van der Waals surface area contributed by atoms with Crippen LogP contribution in [0.2, 0.25) is 0 Å². The number of carbonyl (C=O) groups excluding carboxylic acids is 3. The number of nitrogens with two attached hydrogens (primary N) is 1. The van der Waals surface area contributed by atoms with Gasteiger partial charge in [-0.15, -0.1) is 0 Å². The molecule has 1 aromatic carbocycles. The summed E-state index contributed by atoms with van der Waals surface area (Å²) in [6.07, 6.45) is 6.99. The van der Waals surface area contributed by atoms with Gasteiger partial charge < -0.3 is 35.1 Å². The largest absolute Gasteiger partial charge is 0.494 e. The molecule has 17 nitrogen and oxygen atoms in total. The summed E-state index contributed by atoms with van der Waals surface area (Å²) < 4.78 is 13.8. The lowest BCUT2D eigenvalue weighted by Crippen LogP contribution is -2.52. The highest BCUT2D eigenvalue weighted by molar-refractivity contribution is 6.45. The van der Waals surface area contributed by atoms with Gasteiger partial charge in [0.1, 0.15) is 29.9 Å². The van der Waals surface area contributed by atoms with Crippen molar-refractivity contribution in [3.8, 4) is 11.6 Å². The third-order valence-corrected chi connectivity index (χ3v) is 8.46. The van der Waals surface area contributed by atoms with Gasteiger partial charge in [-0.1, -0.05) is 18.2 Å². The number of aliphatic hydroxyl groups excluding tert-OH is 1. The highest BCUT2D eigenvalue weighted by Crippen LogP contribution is 2.32. The first-order valence-electron chi connectivity index (χ1n) is 15.9. The second-order valence-corrected chi connectivity index (χ2v) is 11.6. The summed E-state index contributed by atoms with van der Waals surface area (Å²) in [5.41, 5.74) is 6.24. The molecule has 6 heterocycles. The fourth-order valence-corrected chi connectivity index (χ4v) is 5.87. The number of nitrogens with zero attached hydrogens (tertiary/aromatic N) is 8. The Bertz CT molecular complexity index is 2070. The molecule has 260 valence electrons. The quantitative estimate of drug-likeness (QED) is 0.162. The van der Waals surface area contributed by atoms with Crippen molar-refractivity contribution < 1.29 is 29.0 Å². The van der Waals surface area contributed by atoms with Gasteiger partial charge in [-0.2, -0.15) is 10.1 Å². The van der Waals surface area contributed by atoms with Gasteiger partial charge >= 0.3 is 5.69 Å². The highest BCUT2D eigenvalue weighted by Gasteiger charge is 2.31. The smallest absolute Gasteiger partial charge is 0.351 e. The van der Waals surface area contributed by atoms with Crippen LogP contribution in [0.5, 0.6) is 5.75 Å². The Labute approximate surface area is 285 Å². The number of amides is 2. The van der Waals surface area contributed by atoms with Crippen molar-refractivity contribution in [2.24, 2.45) is 0 Å². The summed E-state index contributed by atoms with van der Waals surface area (Å²) >= 11 is 0. The number of benzene rings is 1. The minimum Gasteiger partial charge on any atom is -0.494 e. The standard InChI is InChI=1S/C24H23N7O4.C9H13N3O3/c1-15-27-14-31(28-15)22-20-19(18(35-2)13-26-22)17(12-25-20)21(32)24(34)30-10-8-29(9-11-30)23(33)16-6-4-3-5-7-16;10-7-3-4-12(9(14)11-7)8-2-1-6(5-13)15-8/h3-7,12-14,25H,8-11H2,1-2H3;3-4,6,8,13H,1-2,5H2,(H2,10,11,14)/t;6-,8+/m.0/s1. The van der Waals surface area contributed by atoms with E-state index < -0.39 is 17.4 Å². The van der Waals surface area contributed by atoms with Crippen molar-refractivity contribution in [1.82, 2.24) is 44.1 Å². The Balaban J connectivity index is 0.000000240. The number of ketones is 1. The van der Waals surface area contributed by atoms with E-state index in [4.69, 9.17) is 20.3 Å². The fourth-order valence-electron chi connectivity index (χ4n) is 5.87. The van der Waals surface area contributed by atoms with Crippen molar-refractivity contribution in [2.75, 3.05) is 45.6 Å². The van der Waals surface area contributed by atoms with Gasteiger partial charge in [0.25, 0.3) is 17.6 Å². The van der Waals surface area contributed by atoms with Crippen LogP contribution < -0.4 is 16.2 Å². The van der Waals surface area contributed by atoms with Crippen molar-refractivity contribution in [3.63, 3.8) is 0 Å². The molecule has 2 aliphatic heterocycles. The highest BCUT2D eigenvalue weighted by atomic mass is 16.5. The summed E-state index contributed by atoms with van der Waals surface area (Å²) in [4.78, 5) is 68.9. The maximum atomic E-state index is 13.3. The van der Waals surface area contributed by atoms with E-state index in [2.05, 4.69) is 25.0 Å². The normalized spacial score (nSPS) is 17.3. The van der Waals surface area contributed by atoms with Gasteiger partial charge in [-0.3, -0.25) is 19.0 Å². The van der Waals surface area contributed by atoms with Crippen molar-refractivity contribution in [1.29, 1.82) is 0 Å². The first kappa shape index (κ1) is 33.9. The number of anilines is 1. The molecule has 17 heteroatoms. The monoisotopic (exact) mass is 684 g/mol. The third-order valence-electron chi connectivity index (χ3n) is 8.46. The van der Waals surface area contributed by atoms with E-state index in [1.807, 2.05) is 18.2 Å². The van der Waals surface area contributed by atoms with E-state index in [9.17, 15) is 19.2 Å². The molecule has 0 bridgehead atoms. The average molecular weight is 685 g/mol. The molecule has 2 atom stereocenters. The molecule has 5 aromatic rings. The Morgan fingerprint density at radius 3 is 2.44 bits per heavy atom. The Kier molecular flexibility index (Phi) is 9.96. The van der Waals surface area contributed by atoms with Crippen LogP contribution in [0.4, 0.5) is 5.82 Å². The van der Waals surface area contributed by atoms with Gasteiger partial charge in [0.15, 0.2) is 5.82 Å². The number of fused-ring (bicyclic) bond motifs is 1. The molecular weight excluding hydrogens is 648 g/mol. The number of aromatic nitrogens is 7. The number of aliphatic hydroxyl groups is 1. The van der Waals surface area contributed by atoms with E-state index in [-0.39, 0.29) is 49.3 Å². The molecule has 4 N–H and O–H groups in total. The van der Waals surface area contributed by atoms with Gasteiger partial charge in [0, 0.05) is 44.1 Å².